The number of carbonyl (C=O) groups excluding carboxylic acids is 1. The smallest absolute Gasteiger partial charge is 0.321 e. The molecule has 0 aromatic heterocycles. The summed E-state index contributed by atoms with van der Waals surface area (Å²) in [5.41, 5.74) is 1.74. The van der Waals surface area contributed by atoms with E-state index in [9.17, 15) is 19.2 Å². The quantitative estimate of drug-likeness (QED) is 0.494. The molecule has 0 fully saturated rings. The first-order valence-electron chi connectivity index (χ1n) is 8.71. The third-order valence-corrected chi connectivity index (χ3v) is 4.08. The number of hydrogen-bond donors (Lipinski definition) is 4. The Kier molecular flexibility index (Phi) is 9.21. The van der Waals surface area contributed by atoms with Gasteiger partial charge in [0.25, 0.3) is 0 Å². The van der Waals surface area contributed by atoms with Crippen LogP contribution in [0.2, 0.25) is 0 Å². The van der Waals surface area contributed by atoms with Crippen molar-refractivity contribution in [3.63, 3.8) is 0 Å². The van der Waals surface area contributed by atoms with Crippen LogP contribution in [0.15, 0.2) is 54.6 Å². The molecule has 2 aromatic rings. The minimum absolute atomic E-state index is 0.0972. The zero-order valence-corrected chi connectivity index (χ0v) is 16.0. The number of hydrogen-bond acceptors (Lipinski definition) is 5. The maximum absolute atomic E-state index is 12.2. The average molecular weight is 401 g/mol. The molecule has 0 aliphatic carbocycles. The number of nitrogens with one attached hydrogen (secondary N) is 1. The molecule has 0 heterocycles. The first-order chi connectivity index (χ1) is 13.7. The first kappa shape index (κ1) is 23.5. The molecule has 2 rings (SSSR count). The highest BCUT2D eigenvalue weighted by molar-refractivity contribution is 6.09. The molecular formula is C21H23NO7. The van der Waals surface area contributed by atoms with Gasteiger partial charge in [-0.25, -0.2) is 0 Å². The predicted octanol–water partition coefficient (Wildman–Crippen LogP) is 2.24. The SMILES string of the molecule is CC(C(=O)O)c1cccc(C(=O)c2ccccc2)c1.CN[C@H](CC(=O)O)C(=O)O. The molecule has 1 unspecified atom stereocenters. The zero-order chi connectivity index (χ0) is 22.0. The van der Waals surface area contributed by atoms with Gasteiger partial charge in [-0.15, -0.1) is 0 Å². The Hall–Kier alpha value is -3.52. The van der Waals surface area contributed by atoms with Gasteiger partial charge in [-0.1, -0.05) is 48.5 Å². The van der Waals surface area contributed by atoms with Crippen molar-refractivity contribution in [2.24, 2.45) is 0 Å². The van der Waals surface area contributed by atoms with Crippen LogP contribution in [0.4, 0.5) is 0 Å². The van der Waals surface area contributed by atoms with E-state index in [0.717, 1.165) is 0 Å². The molecule has 2 atom stereocenters. The van der Waals surface area contributed by atoms with E-state index in [1.54, 1.807) is 55.5 Å². The van der Waals surface area contributed by atoms with Crippen LogP contribution in [0.3, 0.4) is 0 Å². The molecule has 154 valence electrons. The number of carbonyl (C=O) groups is 4. The second-order valence-electron chi connectivity index (χ2n) is 6.16. The Morgan fingerprint density at radius 3 is 1.90 bits per heavy atom. The second-order valence-corrected chi connectivity index (χ2v) is 6.16. The van der Waals surface area contributed by atoms with Crippen molar-refractivity contribution in [2.75, 3.05) is 7.05 Å². The second kappa shape index (κ2) is 11.4. The summed E-state index contributed by atoms with van der Waals surface area (Å²) in [5, 5.41) is 27.8. The standard InChI is InChI=1S/C16H14O3.C5H9NO4/c1-11(16(18)19)13-8-5-9-14(10-13)15(17)12-6-3-2-4-7-12;1-6-3(5(9)10)2-4(7)8/h2-11H,1H3,(H,18,19);3,6H,2H2,1H3,(H,7,8)(H,9,10)/t;3-/m.1/s1. The van der Waals surface area contributed by atoms with Crippen LogP contribution < -0.4 is 5.32 Å². The molecule has 0 radical (unpaired) electrons. The van der Waals surface area contributed by atoms with Gasteiger partial charge in [-0.3, -0.25) is 19.2 Å². The van der Waals surface area contributed by atoms with Crippen molar-refractivity contribution in [1.82, 2.24) is 5.32 Å². The summed E-state index contributed by atoms with van der Waals surface area (Å²) in [5.74, 6) is -3.89. The number of aliphatic carboxylic acids is 3. The maximum Gasteiger partial charge on any atom is 0.321 e. The summed E-state index contributed by atoms with van der Waals surface area (Å²) >= 11 is 0. The Morgan fingerprint density at radius 1 is 0.862 bits per heavy atom. The number of carboxylic acids is 3. The number of carboxylic acid groups (broad SMARTS) is 3. The van der Waals surface area contributed by atoms with E-state index in [2.05, 4.69) is 5.32 Å². The van der Waals surface area contributed by atoms with E-state index in [-0.39, 0.29) is 5.78 Å². The molecule has 8 nitrogen and oxygen atoms in total. The van der Waals surface area contributed by atoms with E-state index in [0.29, 0.717) is 16.7 Å². The molecule has 0 saturated heterocycles. The molecular weight excluding hydrogens is 378 g/mol. The van der Waals surface area contributed by atoms with Crippen molar-refractivity contribution in [2.45, 2.75) is 25.3 Å². The lowest BCUT2D eigenvalue weighted by Gasteiger charge is -2.08. The van der Waals surface area contributed by atoms with Gasteiger partial charge in [0.05, 0.1) is 12.3 Å². The third kappa shape index (κ3) is 7.55. The summed E-state index contributed by atoms with van der Waals surface area (Å²) < 4.78 is 0. The molecule has 29 heavy (non-hydrogen) atoms. The van der Waals surface area contributed by atoms with Crippen LogP contribution in [-0.4, -0.2) is 52.1 Å². The predicted molar refractivity (Wildman–Crippen MR) is 105 cm³/mol. The van der Waals surface area contributed by atoms with Gasteiger partial charge < -0.3 is 20.6 Å². The van der Waals surface area contributed by atoms with Crippen LogP contribution in [0.5, 0.6) is 0 Å². The molecule has 0 bridgehead atoms. The summed E-state index contributed by atoms with van der Waals surface area (Å²) in [6.45, 7) is 1.61. The summed E-state index contributed by atoms with van der Waals surface area (Å²) in [7, 11) is 1.40. The van der Waals surface area contributed by atoms with Gasteiger partial charge in [0.2, 0.25) is 0 Å². The van der Waals surface area contributed by atoms with Crippen LogP contribution in [0.25, 0.3) is 0 Å². The highest BCUT2D eigenvalue weighted by atomic mass is 16.4. The van der Waals surface area contributed by atoms with Gasteiger partial charge >= 0.3 is 17.9 Å². The molecule has 0 aliphatic rings. The van der Waals surface area contributed by atoms with Gasteiger partial charge in [0.1, 0.15) is 6.04 Å². The number of rotatable bonds is 8. The fourth-order valence-corrected chi connectivity index (χ4v) is 2.34. The molecule has 8 heteroatoms. The van der Waals surface area contributed by atoms with Crippen molar-refractivity contribution < 1.29 is 34.5 Å². The Labute approximate surface area is 167 Å². The van der Waals surface area contributed by atoms with E-state index in [1.165, 1.54) is 7.05 Å². The molecule has 0 saturated carbocycles. The molecule has 4 N–H and O–H groups in total. The normalized spacial score (nSPS) is 12.1. The van der Waals surface area contributed by atoms with E-state index < -0.39 is 36.3 Å². The van der Waals surface area contributed by atoms with Gasteiger partial charge in [-0.05, 0) is 25.6 Å². The minimum Gasteiger partial charge on any atom is -0.481 e. The van der Waals surface area contributed by atoms with E-state index in [4.69, 9.17) is 15.3 Å². The third-order valence-electron chi connectivity index (χ3n) is 4.08. The number of ketones is 1. The van der Waals surface area contributed by atoms with Crippen LogP contribution >= 0.6 is 0 Å². The van der Waals surface area contributed by atoms with E-state index >= 15 is 0 Å². The van der Waals surface area contributed by atoms with Gasteiger partial charge in [0, 0.05) is 11.1 Å². The minimum atomic E-state index is -1.15. The fourth-order valence-electron chi connectivity index (χ4n) is 2.34. The summed E-state index contributed by atoms with van der Waals surface area (Å²) in [6, 6.07) is 14.7. The topological polar surface area (TPSA) is 141 Å². The zero-order valence-electron chi connectivity index (χ0n) is 16.0. The molecule has 0 amide bonds. The molecule has 0 aliphatic heterocycles. The number of benzene rings is 2. The lowest BCUT2D eigenvalue weighted by atomic mass is 9.96. The lowest BCUT2D eigenvalue weighted by molar-refractivity contribution is -0.145. The van der Waals surface area contributed by atoms with Crippen molar-refractivity contribution in [3.8, 4) is 0 Å². The highest BCUT2D eigenvalue weighted by Crippen LogP contribution is 2.18. The first-order valence-corrected chi connectivity index (χ1v) is 8.71. The fraction of sp³-hybridized carbons (Fsp3) is 0.238. The van der Waals surface area contributed by atoms with Crippen molar-refractivity contribution in [3.05, 3.63) is 71.3 Å². The lowest BCUT2D eigenvalue weighted by Crippen LogP contribution is -2.35. The van der Waals surface area contributed by atoms with Crippen molar-refractivity contribution >= 4 is 23.7 Å². The summed E-state index contributed by atoms with van der Waals surface area (Å²) in [6.07, 6.45) is -0.397. The van der Waals surface area contributed by atoms with Crippen LogP contribution in [0.1, 0.15) is 40.7 Å². The van der Waals surface area contributed by atoms with Crippen molar-refractivity contribution in [1.29, 1.82) is 0 Å². The van der Waals surface area contributed by atoms with Crippen LogP contribution in [0, 0.1) is 0 Å². The summed E-state index contributed by atoms with van der Waals surface area (Å²) in [4.78, 5) is 43.3. The largest absolute Gasteiger partial charge is 0.481 e. The Bertz CT molecular complexity index is 864. The maximum atomic E-state index is 12.2. The van der Waals surface area contributed by atoms with Gasteiger partial charge in [-0.2, -0.15) is 0 Å². The Balaban J connectivity index is 0.000000359. The number of likely N-dealkylation sites (N-methyl/N-ethyl adjacent to an activating group) is 1. The molecule has 2 aromatic carbocycles. The van der Waals surface area contributed by atoms with E-state index in [1.807, 2.05) is 6.07 Å². The monoisotopic (exact) mass is 401 g/mol. The average Bonchev–Trinajstić information content (AvgIpc) is 2.71. The van der Waals surface area contributed by atoms with Gasteiger partial charge in [0.15, 0.2) is 5.78 Å². The highest BCUT2D eigenvalue weighted by Gasteiger charge is 2.18. The molecule has 0 spiro atoms. The Morgan fingerprint density at radius 2 is 1.45 bits per heavy atom. The van der Waals surface area contributed by atoms with Crippen LogP contribution in [-0.2, 0) is 14.4 Å².